The molecule has 2 aliphatic heterocycles. The van der Waals surface area contributed by atoms with Crippen molar-refractivity contribution in [2.45, 2.75) is 42.4 Å². The summed E-state index contributed by atoms with van der Waals surface area (Å²) in [4.78, 5) is 14.1. The SMILES string of the molecule is O=C(CN1CCOCC1)NCC[C@@H]1CC[C@H](NS(=O)(=O)c2ccc(F)cc2)[C@H](CO)O1. The van der Waals surface area contributed by atoms with Gasteiger partial charge >= 0.3 is 0 Å². The molecule has 2 fully saturated rings. The van der Waals surface area contributed by atoms with Crippen LogP contribution < -0.4 is 10.0 Å². The van der Waals surface area contributed by atoms with Gasteiger partial charge in [-0.05, 0) is 43.5 Å². The molecule has 0 bridgehead atoms. The molecule has 3 rings (SSSR count). The molecule has 1 aromatic rings. The highest BCUT2D eigenvalue weighted by Crippen LogP contribution is 2.23. The lowest BCUT2D eigenvalue weighted by atomic mass is 9.98. The third kappa shape index (κ3) is 7.19. The van der Waals surface area contributed by atoms with Crippen LogP contribution in [0.4, 0.5) is 4.39 Å². The number of carbonyl (C=O) groups excluding carboxylic acids is 1. The number of amides is 1. The van der Waals surface area contributed by atoms with Crippen LogP contribution >= 0.6 is 0 Å². The lowest BCUT2D eigenvalue weighted by Crippen LogP contribution is -2.51. The molecule has 1 amide bonds. The molecule has 3 atom stereocenters. The first kappa shape index (κ1) is 24.0. The number of nitrogens with zero attached hydrogens (tertiary/aromatic N) is 1. The molecule has 2 heterocycles. The van der Waals surface area contributed by atoms with Crippen LogP contribution in [-0.4, -0.2) is 88.6 Å². The smallest absolute Gasteiger partial charge is 0.240 e. The van der Waals surface area contributed by atoms with E-state index in [4.69, 9.17) is 9.47 Å². The Bertz CT molecular complexity index is 817. The van der Waals surface area contributed by atoms with Crippen molar-refractivity contribution in [3.63, 3.8) is 0 Å². The average Bonchev–Trinajstić information content (AvgIpc) is 2.75. The number of morpholine rings is 1. The van der Waals surface area contributed by atoms with Crippen molar-refractivity contribution < 1.29 is 32.2 Å². The van der Waals surface area contributed by atoms with Gasteiger partial charge in [0, 0.05) is 19.6 Å². The number of nitrogens with one attached hydrogen (secondary N) is 2. The number of rotatable bonds is 9. The molecule has 0 spiro atoms. The van der Waals surface area contributed by atoms with Crippen LogP contribution in [0.1, 0.15) is 19.3 Å². The predicted molar refractivity (Wildman–Crippen MR) is 110 cm³/mol. The lowest BCUT2D eigenvalue weighted by molar-refractivity contribution is -0.123. The number of aliphatic hydroxyl groups excluding tert-OH is 1. The lowest BCUT2D eigenvalue weighted by Gasteiger charge is -2.36. The van der Waals surface area contributed by atoms with Gasteiger partial charge in [0.25, 0.3) is 0 Å². The summed E-state index contributed by atoms with van der Waals surface area (Å²) in [6, 6.07) is 3.96. The summed E-state index contributed by atoms with van der Waals surface area (Å²) in [5, 5.41) is 12.6. The van der Waals surface area contributed by atoms with Crippen molar-refractivity contribution in [3.05, 3.63) is 30.1 Å². The van der Waals surface area contributed by atoms with Gasteiger partial charge < -0.3 is 19.9 Å². The number of aliphatic hydroxyl groups is 1. The molecule has 11 heteroatoms. The van der Waals surface area contributed by atoms with Gasteiger partial charge in [-0.2, -0.15) is 0 Å². The first-order valence-electron chi connectivity index (χ1n) is 10.5. The van der Waals surface area contributed by atoms with E-state index in [0.717, 1.165) is 25.2 Å². The number of halogens is 1. The third-order valence-electron chi connectivity index (χ3n) is 5.49. The van der Waals surface area contributed by atoms with Crippen LogP contribution in [-0.2, 0) is 24.3 Å². The number of sulfonamides is 1. The molecule has 0 aliphatic carbocycles. The Balaban J connectivity index is 1.43. The minimum Gasteiger partial charge on any atom is -0.394 e. The van der Waals surface area contributed by atoms with Crippen molar-refractivity contribution in [1.82, 2.24) is 14.9 Å². The number of benzene rings is 1. The molecule has 31 heavy (non-hydrogen) atoms. The monoisotopic (exact) mass is 459 g/mol. The second-order valence-corrected chi connectivity index (χ2v) is 9.48. The van der Waals surface area contributed by atoms with Gasteiger partial charge in [-0.3, -0.25) is 9.69 Å². The molecule has 2 aliphatic rings. The first-order chi connectivity index (χ1) is 14.9. The summed E-state index contributed by atoms with van der Waals surface area (Å²) >= 11 is 0. The van der Waals surface area contributed by atoms with Crippen molar-refractivity contribution >= 4 is 15.9 Å². The molecule has 174 valence electrons. The standard InChI is InChI=1S/C20H30FN3O6S/c21-15-1-4-17(5-2-15)31(27,28)23-18-6-3-16(30-19(18)14-25)7-8-22-20(26)13-24-9-11-29-12-10-24/h1-2,4-5,16,18-19,23,25H,3,6-14H2,(H,22,26)/t16-,18-,19-/m0/s1. The van der Waals surface area contributed by atoms with E-state index in [1.807, 2.05) is 4.90 Å². The maximum Gasteiger partial charge on any atom is 0.240 e. The first-order valence-corrected chi connectivity index (χ1v) is 12.0. The van der Waals surface area contributed by atoms with E-state index in [-0.39, 0.29) is 23.5 Å². The van der Waals surface area contributed by atoms with Gasteiger partial charge in [-0.25, -0.2) is 17.5 Å². The van der Waals surface area contributed by atoms with Gasteiger partial charge in [0.2, 0.25) is 15.9 Å². The molecule has 0 aromatic heterocycles. The summed E-state index contributed by atoms with van der Waals surface area (Å²) in [5.74, 6) is -0.575. The Hall–Kier alpha value is -1.63. The van der Waals surface area contributed by atoms with E-state index in [1.54, 1.807) is 0 Å². The van der Waals surface area contributed by atoms with Crippen LogP contribution in [0.15, 0.2) is 29.2 Å². The van der Waals surface area contributed by atoms with Crippen LogP contribution in [0.3, 0.4) is 0 Å². The van der Waals surface area contributed by atoms with Crippen molar-refractivity contribution in [2.75, 3.05) is 46.0 Å². The van der Waals surface area contributed by atoms with E-state index in [1.165, 1.54) is 12.1 Å². The fourth-order valence-electron chi connectivity index (χ4n) is 3.75. The van der Waals surface area contributed by atoms with E-state index in [2.05, 4.69) is 10.0 Å². The summed E-state index contributed by atoms with van der Waals surface area (Å²) in [7, 11) is -3.86. The fraction of sp³-hybridized carbons (Fsp3) is 0.650. The zero-order valence-electron chi connectivity index (χ0n) is 17.3. The topological polar surface area (TPSA) is 117 Å². The maximum atomic E-state index is 13.1. The van der Waals surface area contributed by atoms with Gasteiger partial charge in [-0.15, -0.1) is 0 Å². The number of hydrogen-bond acceptors (Lipinski definition) is 7. The molecule has 1 aromatic carbocycles. The quantitative estimate of drug-likeness (QED) is 0.470. The summed E-state index contributed by atoms with van der Waals surface area (Å²) in [6.45, 7) is 3.20. The molecule has 0 radical (unpaired) electrons. The molecule has 3 N–H and O–H groups in total. The highest BCUT2D eigenvalue weighted by molar-refractivity contribution is 7.89. The van der Waals surface area contributed by atoms with Gasteiger partial charge in [-0.1, -0.05) is 0 Å². The largest absolute Gasteiger partial charge is 0.394 e. The molecule has 9 nitrogen and oxygen atoms in total. The molecule has 0 unspecified atom stereocenters. The van der Waals surface area contributed by atoms with E-state index < -0.39 is 28.0 Å². The highest BCUT2D eigenvalue weighted by atomic mass is 32.2. The Kier molecular flexibility index (Phi) is 8.76. The molecular weight excluding hydrogens is 429 g/mol. The maximum absolute atomic E-state index is 13.1. The van der Waals surface area contributed by atoms with Crippen LogP contribution in [0.5, 0.6) is 0 Å². The van der Waals surface area contributed by atoms with E-state index in [0.29, 0.717) is 45.6 Å². The van der Waals surface area contributed by atoms with Crippen molar-refractivity contribution in [1.29, 1.82) is 0 Å². The van der Waals surface area contributed by atoms with E-state index >= 15 is 0 Å². The molecule has 2 saturated heterocycles. The summed E-state index contributed by atoms with van der Waals surface area (Å²) in [6.07, 6.45) is 0.762. The zero-order chi connectivity index (χ0) is 22.3. The fourth-order valence-corrected chi connectivity index (χ4v) is 5.05. The Labute approximate surface area is 181 Å². The predicted octanol–water partition coefficient (Wildman–Crippen LogP) is -0.149. The van der Waals surface area contributed by atoms with Crippen LogP contribution in [0.25, 0.3) is 0 Å². The Morgan fingerprint density at radius 1 is 1.19 bits per heavy atom. The second-order valence-electron chi connectivity index (χ2n) is 7.77. The van der Waals surface area contributed by atoms with Gasteiger partial charge in [0.15, 0.2) is 0 Å². The summed E-state index contributed by atoms with van der Waals surface area (Å²) < 4.78 is 51.8. The summed E-state index contributed by atoms with van der Waals surface area (Å²) in [5.41, 5.74) is 0. The average molecular weight is 460 g/mol. The number of carbonyl (C=O) groups is 1. The molecule has 0 saturated carbocycles. The van der Waals surface area contributed by atoms with Crippen LogP contribution in [0.2, 0.25) is 0 Å². The van der Waals surface area contributed by atoms with Crippen LogP contribution in [0, 0.1) is 5.82 Å². The highest BCUT2D eigenvalue weighted by Gasteiger charge is 2.33. The van der Waals surface area contributed by atoms with Crippen molar-refractivity contribution in [3.8, 4) is 0 Å². The molecular formula is C20H30FN3O6S. The number of ether oxygens (including phenoxy) is 2. The Morgan fingerprint density at radius 2 is 1.90 bits per heavy atom. The third-order valence-corrected chi connectivity index (χ3v) is 6.99. The Morgan fingerprint density at radius 3 is 2.58 bits per heavy atom. The minimum absolute atomic E-state index is 0.0457. The number of hydrogen-bond donors (Lipinski definition) is 3. The zero-order valence-corrected chi connectivity index (χ0v) is 18.2. The van der Waals surface area contributed by atoms with Gasteiger partial charge in [0.05, 0.1) is 49.5 Å². The van der Waals surface area contributed by atoms with Crippen molar-refractivity contribution in [2.24, 2.45) is 0 Å². The second kappa shape index (κ2) is 11.3. The normalized spacial score (nSPS) is 25.3. The minimum atomic E-state index is -3.86. The van der Waals surface area contributed by atoms with Gasteiger partial charge in [0.1, 0.15) is 5.82 Å². The van der Waals surface area contributed by atoms with E-state index in [9.17, 15) is 22.7 Å².